The maximum absolute atomic E-state index is 9.11. The second-order valence-electron chi connectivity index (χ2n) is 4.47. The number of rotatable bonds is 5. The molecule has 1 fully saturated rings. The first kappa shape index (κ1) is 13.3. The van der Waals surface area contributed by atoms with Gasteiger partial charge in [0.25, 0.3) is 0 Å². The van der Waals surface area contributed by atoms with Gasteiger partial charge in [-0.2, -0.15) is 11.8 Å². The van der Waals surface area contributed by atoms with Crippen LogP contribution < -0.4 is 5.32 Å². The molecule has 1 rings (SSSR count). The molecule has 0 aliphatic heterocycles. The minimum absolute atomic E-state index is 0.306. The Bertz CT molecular complexity index is 166. The summed E-state index contributed by atoms with van der Waals surface area (Å²) in [5.74, 6) is 0. The van der Waals surface area contributed by atoms with Crippen molar-refractivity contribution < 1.29 is 5.11 Å². The number of nitrogens with one attached hydrogen (secondary N) is 1. The number of hydrogen-bond acceptors (Lipinski definition) is 3. The first-order chi connectivity index (χ1) is 7.27. The third-order valence-electron chi connectivity index (χ3n) is 3.08. The largest absolute Gasteiger partial charge is 0.395 e. The highest BCUT2D eigenvalue weighted by molar-refractivity contribution is 8.00. The van der Waals surface area contributed by atoms with Gasteiger partial charge in [0.05, 0.1) is 6.61 Å². The van der Waals surface area contributed by atoms with Crippen LogP contribution in [0.1, 0.15) is 46.0 Å². The Balaban J connectivity index is 2.45. The van der Waals surface area contributed by atoms with Gasteiger partial charge in [0.1, 0.15) is 0 Å². The van der Waals surface area contributed by atoms with Gasteiger partial charge >= 0.3 is 0 Å². The van der Waals surface area contributed by atoms with Crippen molar-refractivity contribution >= 4 is 11.8 Å². The quantitative estimate of drug-likeness (QED) is 0.713. The molecule has 0 saturated heterocycles. The molecule has 0 amide bonds. The van der Waals surface area contributed by atoms with Gasteiger partial charge in [0.15, 0.2) is 0 Å². The molecule has 0 heterocycles. The molecule has 3 unspecified atom stereocenters. The second-order valence-corrected chi connectivity index (χ2v) is 6.15. The van der Waals surface area contributed by atoms with Crippen molar-refractivity contribution in [1.29, 1.82) is 0 Å². The van der Waals surface area contributed by atoms with Crippen molar-refractivity contribution in [2.24, 2.45) is 0 Å². The lowest BCUT2D eigenvalue weighted by Crippen LogP contribution is -2.38. The fraction of sp³-hybridized carbons (Fsp3) is 1.00. The summed E-state index contributed by atoms with van der Waals surface area (Å²) in [6, 6.07) is 0.663. The number of hydrogen-bond donors (Lipinski definition) is 2. The summed E-state index contributed by atoms with van der Waals surface area (Å²) in [6.45, 7) is 5.68. The fourth-order valence-corrected chi connectivity index (χ4v) is 3.68. The highest BCUT2D eigenvalue weighted by Crippen LogP contribution is 2.30. The molecule has 15 heavy (non-hydrogen) atoms. The molecule has 0 radical (unpaired) electrons. The Hall–Kier alpha value is 0.270. The van der Waals surface area contributed by atoms with E-state index < -0.39 is 0 Å². The van der Waals surface area contributed by atoms with E-state index >= 15 is 0 Å². The topological polar surface area (TPSA) is 32.3 Å². The van der Waals surface area contributed by atoms with E-state index in [1.54, 1.807) is 0 Å². The fourth-order valence-electron chi connectivity index (χ4n) is 2.27. The van der Waals surface area contributed by atoms with Crippen molar-refractivity contribution in [3.05, 3.63) is 0 Å². The molecule has 1 aliphatic rings. The average Bonchev–Trinajstić information content (AvgIpc) is 2.45. The normalized spacial score (nSPS) is 29.8. The van der Waals surface area contributed by atoms with E-state index in [2.05, 4.69) is 19.2 Å². The van der Waals surface area contributed by atoms with Crippen LogP contribution in [0.3, 0.4) is 0 Å². The Kier molecular flexibility index (Phi) is 6.69. The lowest BCUT2D eigenvalue weighted by molar-refractivity contribution is 0.299. The third-order valence-corrected chi connectivity index (χ3v) is 4.61. The van der Waals surface area contributed by atoms with Gasteiger partial charge < -0.3 is 10.4 Å². The molecule has 0 aromatic heterocycles. The predicted molar refractivity (Wildman–Crippen MR) is 68.5 cm³/mol. The van der Waals surface area contributed by atoms with E-state index in [4.69, 9.17) is 5.11 Å². The minimum Gasteiger partial charge on any atom is -0.395 e. The lowest BCUT2D eigenvalue weighted by atomic mass is 10.1. The third kappa shape index (κ3) is 4.75. The molecule has 3 heteroatoms. The van der Waals surface area contributed by atoms with Gasteiger partial charge in [-0.1, -0.05) is 33.1 Å². The van der Waals surface area contributed by atoms with Crippen LogP contribution in [-0.2, 0) is 0 Å². The first-order valence-corrected chi connectivity index (χ1v) is 7.22. The van der Waals surface area contributed by atoms with Crippen LogP contribution in [0, 0.1) is 0 Å². The van der Waals surface area contributed by atoms with Crippen LogP contribution in [0.4, 0.5) is 0 Å². The Morgan fingerprint density at radius 2 is 2.07 bits per heavy atom. The molecule has 3 atom stereocenters. The standard InChI is InChI=1S/C12H25NOS/c1-3-13-11-7-5-4-6-8-12(11)15-10(2)9-14/h10-14H,3-9H2,1-2H3. The molecule has 0 spiro atoms. The summed E-state index contributed by atoms with van der Waals surface area (Å²) in [5.41, 5.74) is 0. The van der Waals surface area contributed by atoms with E-state index in [1.807, 2.05) is 11.8 Å². The SMILES string of the molecule is CCNC1CCCCCC1SC(C)CO. The Labute approximate surface area is 98.2 Å². The number of aliphatic hydroxyl groups is 1. The molecule has 2 N–H and O–H groups in total. The lowest BCUT2D eigenvalue weighted by Gasteiger charge is -2.27. The van der Waals surface area contributed by atoms with Crippen LogP contribution >= 0.6 is 11.8 Å². The highest BCUT2D eigenvalue weighted by atomic mass is 32.2. The van der Waals surface area contributed by atoms with Crippen LogP contribution in [0.2, 0.25) is 0 Å². The van der Waals surface area contributed by atoms with Gasteiger partial charge in [-0.3, -0.25) is 0 Å². The smallest absolute Gasteiger partial charge is 0.0547 e. The van der Waals surface area contributed by atoms with E-state index in [-0.39, 0.29) is 0 Å². The van der Waals surface area contributed by atoms with Crippen LogP contribution in [0.15, 0.2) is 0 Å². The molecular weight excluding hydrogens is 206 g/mol. The molecule has 1 aliphatic carbocycles. The molecular formula is C12H25NOS. The Morgan fingerprint density at radius 1 is 1.33 bits per heavy atom. The molecule has 1 saturated carbocycles. The van der Waals surface area contributed by atoms with Crippen LogP contribution in [0.5, 0.6) is 0 Å². The summed E-state index contributed by atoms with van der Waals surface area (Å²) < 4.78 is 0. The van der Waals surface area contributed by atoms with Crippen LogP contribution in [-0.4, -0.2) is 34.8 Å². The molecule has 2 nitrogen and oxygen atoms in total. The summed E-state index contributed by atoms with van der Waals surface area (Å²) in [6.07, 6.45) is 6.72. The maximum atomic E-state index is 9.11. The van der Waals surface area contributed by atoms with Gasteiger partial charge in [-0.05, 0) is 19.4 Å². The van der Waals surface area contributed by atoms with Crippen molar-refractivity contribution in [3.8, 4) is 0 Å². The predicted octanol–water partition coefficient (Wildman–Crippen LogP) is 2.41. The van der Waals surface area contributed by atoms with Crippen molar-refractivity contribution in [2.45, 2.75) is 62.5 Å². The summed E-state index contributed by atoms with van der Waals surface area (Å²) in [7, 11) is 0. The van der Waals surface area contributed by atoms with E-state index in [1.165, 1.54) is 32.1 Å². The molecule has 90 valence electrons. The van der Waals surface area contributed by atoms with Crippen molar-refractivity contribution in [1.82, 2.24) is 5.32 Å². The van der Waals surface area contributed by atoms with E-state index in [0.29, 0.717) is 23.1 Å². The second kappa shape index (κ2) is 7.53. The van der Waals surface area contributed by atoms with Crippen LogP contribution in [0.25, 0.3) is 0 Å². The van der Waals surface area contributed by atoms with Gasteiger partial charge in [0.2, 0.25) is 0 Å². The average molecular weight is 231 g/mol. The zero-order chi connectivity index (χ0) is 11.1. The minimum atomic E-state index is 0.306. The molecule has 0 aromatic rings. The van der Waals surface area contributed by atoms with Gasteiger partial charge in [0, 0.05) is 16.5 Å². The Morgan fingerprint density at radius 3 is 2.73 bits per heavy atom. The van der Waals surface area contributed by atoms with Gasteiger partial charge in [-0.15, -0.1) is 0 Å². The van der Waals surface area contributed by atoms with E-state index in [0.717, 1.165) is 6.54 Å². The number of aliphatic hydroxyl groups excluding tert-OH is 1. The van der Waals surface area contributed by atoms with Crippen molar-refractivity contribution in [2.75, 3.05) is 13.2 Å². The molecule has 0 bridgehead atoms. The maximum Gasteiger partial charge on any atom is 0.0547 e. The van der Waals surface area contributed by atoms with Gasteiger partial charge in [-0.25, -0.2) is 0 Å². The summed E-state index contributed by atoms with van der Waals surface area (Å²) >= 11 is 1.97. The monoisotopic (exact) mass is 231 g/mol. The van der Waals surface area contributed by atoms with E-state index in [9.17, 15) is 0 Å². The summed E-state index contributed by atoms with van der Waals surface area (Å²) in [5, 5.41) is 13.8. The summed E-state index contributed by atoms with van der Waals surface area (Å²) in [4.78, 5) is 0. The van der Waals surface area contributed by atoms with Crippen molar-refractivity contribution in [3.63, 3.8) is 0 Å². The molecule has 0 aromatic carbocycles. The highest BCUT2D eigenvalue weighted by Gasteiger charge is 2.24. The zero-order valence-electron chi connectivity index (χ0n) is 10.0. The number of thioether (sulfide) groups is 1. The zero-order valence-corrected chi connectivity index (χ0v) is 10.9. The first-order valence-electron chi connectivity index (χ1n) is 6.27.